The maximum Gasteiger partial charge on any atom is 0.339 e. The van der Waals surface area contributed by atoms with Gasteiger partial charge in [0.1, 0.15) is 0 Å². The van der Waals surface area contributed by atoms with Crippen molar-refractivity contribution < 1.29 is 14.3 Å². The third-order valence-electron chi connectivity index (χ3n) is 6.99. The van der Waals surface area contributed by atoms with Gasteiger partial charge in [0.15, 0.2) is 6.61 Å². The Morgan fingerprint density at radius 2 is 1.62 bits per heavy atom. The fourth-order valence-corrected chi connectivity index (χ4v) is 5.24. The van der Waals surface area contributed by atoms with E-state index in [0.29, 0.717) is 12.0 Å². The normalized spacial score (nSPS) is 14.5. The van der Waals surface area contributed by atoms with Crippen molar-refractivity contribution in [3.05, 3.63) is 76.5 Å². The number of aromatic nitrogens is 1. The van der Waals surface area contributed by atoms with Crippen LogP contribution in [0.25, 0.3) is 22.6 Å². The van der Waals surface area contributed by atoms with Gasteiger partial charge in [-0.2, -0.15) is 0 Å². The predicted molar refractivity (Wildman–Crippen MR) is 150 cm³/mol. The maximum absolute atomic E-state index is 13.4. The van der Waals surface area contributed by atoms with Gasteiger partial charge in [-0.25, -0.2) is 9.78 Å². The van der Waals surface area contributed by atoms with Gasteiger partial charge in [-0.1, -0.05) is 63.2 Å². The summed E-state index contributed by atoms with van der Waals surface area (Å²) in [7, 11) is 0. The molecule has 1 amide bonds. The van der Waals surface area contributed by atoms with Crippen molar-refractivity contribution >= 4 is 34.4 Å². The lowest BCUT2D eigenvalue weighted by Crippen LogP contribution is -2.44. The van der Waals surface area contributed by atoms with Gasteiger partial charge in [0.05, 0.1) is 16.8 Å². The highest BCUT2D eigenvalue weighted by Gasteiger charge is 2.29. The Bertz CT molecular complexity index is 1340. The Labute approximate surface area is 220 Å². The van der Waals surface area contributed by atoms with Crippen molar-refractivity contribution in [3.8, 4) is 0 Å². The van der Waals surface area contributed by atoms with E-state index in [0.717, 1.165) is 39.7 Å². The van der Waals surface area contributed by atoms with Gasteiger partial charge in [-0.3, -0.25) is 4.79 Å². The second-order valence-electron chi connectivity index (χ2n) is 11.4. The number of benzene rings is 2. The number of para-hydroxylation sites is 1. The molecular formula is C32H38N2O3. The van der Waals surface area contributed by atoms with E-state index in [4.69, 9.17) is 9.72 Å². The summed E-state index contributed by atoms with van der Waals surface area (Å²) in [6.07, 6.45) is 3.68. The first-order valence-corrected chi connectivity index (χ1v) is 13.2. The molecule has 0 unspecified atom stereocenters. The van der Waals surface area contributed by atoms with Gasteiger partial charge in [-0.15, -0.1) is 0 Å². The fraction of sp³-hybridized carbons (Fsp3) is 0.406. The van der Waals surface area contributed by atoms with Crippen molar-refractivity contribution in [3.63, 3.8) is 0 Å². The molecule has 2 aromatic carbocycles. The van der Waals surface area contributed by atoms with Crippen molar-refractivity contribution in [1.29, 1.82) is 0 Å². The largest absolute Gasteiger partial charge is 0.452 e. The molecule has 0 spiro atoms. The summed E-state index contributed by atoms with van der Waals surface area (Å²) in [6.45, 7) is 14.2. The summed E-state index contributed by atoms with van der Waals surface area (Å²) < 4.78 is 5.63. The summed E-state index contributed by atoms with van der Waals surface area (Å²) >= 11 is 0. The van der Waals surface area contributed by atoms with Crippen LogP contribution in [0.1, 0.15) is 87.6 Å². The van der Waals surface area contributed by atoms with E-state index in [2.05, 4.69) is 51.1 Å². The highest BCUT2D eigenvalue weighted by atomic mass is 16.5. The number of fused-ring (bicyclic) bond motifs is 2. The highest BCUT2D eigenvalue weighted by molar-refractivity contribution is 6.07. The second kappa shape index (κ2) is 10.5. The van der Waals surface area contributed by atoms with Crippen LogP contribution in [0.4, 0.5) is 0 Å². The van der Waals surface area contributed by atoms with Crippen LogP contribution in [0.5, 0.6) is 0 Å². The van der Waals surface area contributed by atoms with E-state index in [9.17, 15) is 9.59 Å². The van der Waals surface area contributed by atoms with Crippen molar-refractivity contribution in [2.45, 2.75) is 78.8 Å². The van der Waals surface area contributed by atoms with E-state index >= 15 is 0 Å². The highest BCUT2D eigenvalue weighted by Crippen LogP contribution is 2.38. The minimum absolute atomic E-state index is 0.0300. The molecule has 1 heterocycles. The Morgan fingerprint density at radius 1 is 0.973 bits per heavy atom. The molecule has 0 atom stereocenters. The van der Waals surface area contributed by atoms with Gasteiger partial charge in [-0.05, 0) is 80.4 Å². The number of hydrogen-bond acceptors (Lipinski definition) is 4. The van der Waals surface area contributed by atoms with Gasteiger partial charge in [0.25, 0.3) is 5.91 Å². The van der Waals surface area contributed by atoms with Crippen LogP contribution >= 0.6 is 0 Å². The Hall–Kier alpha value is -3.47. The lowest BCUT2D eigenvalue weighted by molar-refractivity contribution is -0.138. The van der Waals surface area contributed by atoms with Crippen molar-refractivity contribution in [1.82, 2.24) is 9.88 Å². The van der Waals surface area contributed by atoms with Crippen LogP contribution in [0.2, 0.25) is 0 Å². The number of rotatable bonds is 6. The summed E-state index contributed by atoms with van der Waals surface area (Å²) in [5.74, 6) is -0.654. The molecule has 0 aliphatic heterocycles. The van der Waals surface area contributed by atoms with E-state index in [1.807, 2.05) is 52.0 Å². The van der Waals surface area contributed by atoms with E-state index < -0.39 is 5.97 Å². The van der Waals surface area contributed by atoms with Crippen LogP contribution in [-0.2, 0) is 21.4 Å². The molecule has 5 heteroatoms. The topological polar surface area (TPSA) is 59.5 Å². The standard InChI is InChI=1S/C32H38N2O3/c1-20(2)34(21(3)4)28(35)19-37-31(36)29-25-10-8-9-11-27(25)33-30-23(14-17-26(29)30)18-22-12-15-24(16-13-22)32(5,6)7/h8-13,15-16,18,20-21H,14,17,19H2,1-7H3. The SMILES string of the molecule is CC(C)N(C(=O)COC(=O)c1c2c(nc3ccccc13)C(=Cc1ccc(C(C)(C)C)cc1)CC2)C(C)C. The maximum atomic E-state index is 13.4. The molecule has 0 bridgehead atoms. The molecule has 5 nitrogen and oxygen atoms in total. The molecule has 0 N–H and O–H groups in total. The van der Waals surface area contributed by atoms with E-state index in [1.54, 1.807) is 4.90 Å². The summed E-state index contributed by atoms with van der Waals surface area (Å²) in [5, 5.41) is 0.763. The number of carbonyl (C=O) groups is 2. The first-order chi connectivity index (χ1) is 17.5. The molecule has 0 saturated heterocycles. The van der Waals surface area contributed by atoms with Crippen LogP contribution in [0, 0.1) is 0 Å². The number of allylic oxidation sites excluding steroid dienone is 1. The van der Waals surface area contributed by atoms with Crippen LogP contribution < -0.4 is 0 Å². The third-order valence-corrected chi connectivity index (χ3v) is 6.99. The number of esters is 1. The number of nitrogens with zero attached hydrogens (tertiary/aromatic N) is 2. The molecule has 0 fully saturated rings. The van der Waals surface area contributed by atoms with Gasteiger partial charge < -0.3 is 9.64 Å². The van der Waals surface area contributed by atoms with E-state index in [1.165, 1.54) is 5.56 Å². The average Bonchev–Trinajstić information content (AvgIpc) is 3.22. The Balaban J connectivity index is 1.67. The molecule has 1 aromatic heterocycles. The van der Waals surface area contributed by atoms with Crippen LogP contribution in [0.15, 0.2) is 48.5 Å². The third kappa shape index (κ3) is 5.61. The molecule has 1 aliphatic carbocycles. The van der Waals surface area contributed by atoms with E-state index in [-0.39, 0.29) is 30.0 Å². The quantitative estimate of drug-likeness (QED) is 0.350. The first kappa shape index (κ1) is 26.6. The number of hydrogen-bond donors (Lipinski definition) is 0. The average molecular weight is 499 g/mol. The molecule has 0 saturated carbocycles. The second-order valence-corrected chi connectivity index (χ2v) is 11.4. The lowest BCUT2D eigenvalue weighted by Gasteiger charge is -2.30. The molecule has 1 aliphatic rings. The first-order valence-electron chi connectivity index (χ1n) is 13.2. The molecular weight excluding hydrogens is 460 g/mol. The minimum atomic E-state index is -0.466. The van der Waals surface area contributed by atoms with Crippen LogP contribution in [-0.4, -0.2) is 40.5 Å². The Morgan fingerprint density at radius 3 is 2.24 bits per heavy atom. The minimum Gasteiger partial charge on any atom is -0.452 e. The lowest BCUT2D eigenvalue weighted by atomic mass is 9.86. The number of pyridine rings is 1. The molecule has 194 valence electrons. The predicted octanol–water partition coefficient (Wildman–Crippen LogP) is 6.82. The molecule has 4 rings (SSSR count). The zero-order chi connectivity index (χ0) is 26.9. The van der Waals surface area contributed by atoms with Gasteiger partial charge >= 0.3 is 5.97 Å². The molecule has 37 heavy (non-hydrogen) atoms. The van der Waals surface area contributed by atoms with Gasteiger partial charge in [0, 0.05) is 17.5 Å². The summed E-state index contributed by atoms with van der Waals surface area (Å²) in [6, 6.07) is 16.3. The zero-order valence-corrected chi connectivity index (χ0v) is 23.1. The Kier molecular flexibility index (Phi) is 7.54. The van der Waals surface area contributed by atoms with Gasteiger partial charge in [0.2, 0.25) is 0 Å². The monoisotopic (exact) mass is 498 g/mol. The zero-order valence-electron chi connectivity index (χ0n) is 23.1. The summed E-state index contributed by atoms with van der Waals surface area (Å²) in [4.78, 5) is 33.0. The fourth-order valence-electron chi connectivity index (χ4n) is 5.24. The van der Waals surface area contributed by atoms with Crippen molar-refractivity contribution in [2.24, 2.45) is 0 Å². The number of amides is 1. The molecule has 0 radical (unpaired) electrons. The summed E-state index contributed by atoms with van der Waals surface area (Å²) in [5.41, 5.74) is 6.65. The van der Waals surface area contributed by atoms with Crippen LogP contribution in [0.3, 0.4) is 0 Å². The molecule has 3 aromatic rings. The number of carbonyl (C=O) groups excluding carboxylic acids is 2. The smallest absolute Gasteiger partial charge is 0.339 e. The van der Waals surface area contributed by atoms with Crippen molar-refractivity contribution in [2.75, 3.05) is 6.61 Å². The number of ether oxygens (including phenoxy) is 1.